The Balaban J connectivity index is 3.03. The van der Waals surface area contributed by atoms with Gasteiger partial charge in [-0.15, -0.1) is 0 Å². The van der Waals surface area contributed by atoms with Crippen LogP contribution in [0.2, 0.25) is 0 Å². The van der Waals surface area contributed by atoms with Gasteiger partial charge in [0.05, 0.1) is 0 Å². The fraction of sp³-hybridized carbons (Fsp3) is 0.939. The predicted molar refractivity (Wildman–Crippen MR) is 154 cm³/mol. The summed E-state index contributed by atoms with van der Waals surface area (Å²) >= 11 is 0. The van der Waals surface area contributed by atoms with Crippen molar-refractivity contribution in [1.29, 1.82) is 0 Å². The number of hydrogen-bond acceptors (Lipinski definition) is 0. The fourth-order valence-corrected chi connectivity index (χ4v) is 4.97. The average molecular weight is 463 g/mol. The minimum atomic E-state index is 1.30. The van der Waals surface area contributed by atoms with Gasteiger partial charge in [-0.05, 0) is 25.7 Å². The molecule has 0 nitrogen and oxygen atoms in total. The minimum Gasteiger partial charge on any atom is -0.0885 e. The summed E-state index contributed by atoms with van der Waals surface area (Å²) in [5.41, 5.74) is 0. The Morgan fingerprint density at radius 2 is 0.424 bits per heavy atom. The van der Waals surface area contributed by atoms with E-state index in [1.54, 1.807) is 0 Å². The molecule has 0 aliphatic heterocycles. The highest BCUT2D eigenvalue weighted by atomic mass is 14.0. The molecule has 0 fully saturated rings. The van der Waals surface area contributed by atoms with Crippen LogP contribution < -0.4 is 0 Å². The Bertz CT molecular complexity index is 342. The molecule has 0 heteroatoms. The van der Waals surface area contributed by atoms with Crippen molar-refractivity contribution < 1.29 is 0 Å². The molecule has 0 saturated carbocycles. The summed E-state index contributed by atoms with van der Waals surface area (Å²) in [4.78, 5) is 0. The number of rotatable bonds is 29. The number of hydrogen-bond donors (Lipinski definition) is 0. The van der Waals surface area contributed by atoms with E-state index < -0.39 is 0 Å². The monoisotopic (exact) mass is 463 g/mol. The molecular weight excluding hydrogens is 396 g/mol. The fourth-order valence-electron chi connectivity index (χ4n) is 4.97. The van der Waals surface area contributed by atoms with Gasteiger partial charge in [0, 0.05) is 0 Å². The third kappa shape index (κ3) is 31.7. The maximum Gasteiger partial charge on any atom is -0.0351 e. The van der Waals surface area contributed by atoms with E-state index in [0.29, 0.717) is 0 Å². The molecule has 0 N–H and O–H groups in total. The molecule has 0 spiro atoms. The van der Waals surface area contributed by atoms with Crippen LogP contribution in [0, 0.1) is 0 Å². The van der Waals surface area contributed by atoms with Crippen LogP contribution in [-0.4, -0.2) is 0 Å². The van der Waals surface area contributed by atoms with E-state index in [4.69, 9.17) is 0 Å². The number of unbranched alkanes of at least 4 members (excludes halogenated alkanes) is 27. The van der Waals surface area contributed by atoms with Crippen molar-refractivity contribution in [2.24, 2.45) is 0 Å². The summed E-state index contributed by atoms with van der Waals surface area (Å²) in [5, 5.41) is 0. The molecule has 198 valence electrons. The Kier molecular flexibility index (Phi) is 31.5. The standard InChI is InChI=1S/C33H66/c1-3-5-7-9-11-13-15-17-19-21-23-25-27-29-31-33-32-30-28-26-24-22-20-18-16-14-12-10-8-6-4-2/h13,15H,3-12,14,16-33H2,1-2H3. The van der Waals surface area contributed by atoms with Gasteiger partial charge >= 0.3 is 0 Å². The molecule has 0 rings (SSSR count). The Hall–Kier alpha value is -0.260. The molecule has 33 heavy (non-hydrogen) atoms. The summed E-state index contributed by atoms with van der Waals surface area (Å²) < 4.78 is 0. The second-order valence-electron chi connectivity index (χ2n) is 10.9. The van der Waals surface area contributed by atoms with Crippen LogP contribution in [0.25, 0.3) is 0 Å². The van der Waals surface area contributed by atoms with Crippen LogP contribution in [0.4, 0.5) is 0 Å². The van der Waals surface area contributed by atoms with E-state index in [0.717, 1.165) is 0 Å². The van der Waals surface area contributed by atoms with E-state index in [1.165, 1.54) is 186 Å². The Morgan fingerprint density at radius 1 is 0.242 bits per heavy atom. The van der Waals surface area contributed by atoms with Crippen molar-refractivity contribution in [3.8, 4) is 0 Å². The van der Waals surface area contributed by atoms with Crippen LogP contribution in [0.3, 0.4) is 0 Å². The van der Waals surface area contributed by atoms with Crippen LogP contribution in [0.5, 0.6) is 0 Å². The van der Waals surface area contributed by atoms with Crippen LogP contribution in [-0.2, 0) is 0 Å². The summed E-state index contributed by atoms with van der Waals surface area (Å²) in [6.45, 7) is 4.59. The summed E-state index contributed by atoms with van der Waals surface area (Å²) in [7, 11) is 0. The Morgan fingerprint density at radius 3 is 0.667 bits per heavy atom. The molecular formula is C33H66. The average Bonchev–Trinajstić information content (AvgIpc) is 2.83. The van der Waals surface area contributed by atoms with Crippen molar-refractivity contribution >= 4 is 0 Å². The zero-order valence-electron chi connectivity index (χ0n) is 23.7. The van der Waals surface area contributed by atoms with Crippen molar-refractivity contribution in [2.45, 2.75) is 200 Å². The topological polar surface area (TPSA) is 0 Å². The first-order valence-corrected chi connectivity index (χ1v) is 16.1. The van der Waals surface area contributed by atoms with Gasteiger partial charge in [-0.1, -0.05) is 187 Å². The van der Waals surface area contributed by atoms with E-state index in [9.17, 15) is 0 Å². The van der Waals surface area contributed by atoms with Crippen molar-refractivity contribution in [1.82, 2.24) is 0 Å². The first-order valence-electron chi connectivity index (χ1n) is 16.1. The van der Waals surface area contributed by atoms with E-state index in [1.807, 2.05) is 0 Å². The molecule has 0 bridgehead atoms. The zero-order chi connectivity index (χ0) is 23.9. The Labute approximate surface area is 212 Å². The van der Waals surface area contributed by atoms with Gasteiger partial charge in [-0.25, -0.2) is 0 Å². The van der Waals surface area contributed by atoms with Gasteiger partial charge < -0.3 is 0 Å². The van der Waals surface area contributed by atoms with Gasteiger partial charge in [0.1, 0.15) is 0 Å². The molecule has 0 amide bonds. The maximum absolute atomic E-state index is 2.43. The molecule has 0 heterocycles. The summed E-state index contributed by atoms with van der Waals surface area (Å²) in [6.07, 6.45) is 46.9. The normalized spacial score (nSPS) is 11.7. The first-order chi connectivity index (χ1) is 16.4. The molecule has 0 aromatic carbocycles. The quantitative estimate of drug-likeness (QED) is 0.0765. The third-order valence-corrected chi connectivity index (χ3v) is 7.37. The van der Waals surface area contributed by atoms with Gasteiger partial charge in [0.15, 0.2) is 0 Å². The second-order valence-corrected chi connectivity index (χ2v) is 10.9. The molecule has 0 saturated heterocycles. The van der Waals surface area contributed by atoms with Crippen molar-refractivity contribution in [3.05, 3.63) is 12.2 Å². The largest absolute Gasteiger partial charge is 0.0885 e. The lowest BCUT2D eigenvalue weighted by atomic mass is 10.0. The number of allylic oxidation sites excluding steroid dienone is 2. The van der Waals surface area contributed by atoms with Gasteiger partial charge in [-0.3, -0.25) is 0 Å². The molecule has 0 aromatic heterocycles. The van der Waals surface area contributed by atoms with Gasteiger partial charge in [0.25, 0.3) is 0 Å². The predicted octanol–water partition coefficient (Wildman–Crippen LogP) is 12.9. The molecule has 0 aromatic rings. The lowest BCUT2D eigenvalue weighted by Crippen LogP contribution is -1.84. The van der Waals surface area contributed by atoms with E-state index >= 15 is 0 Å². The van der Waals surface area contributed by atoms with Crippen LogP contribution >= 0.6 is 0 Å². The van der Waals surface area contributed by atoms with Gasteiger partial charge in [0.2, 0.25) is 0 Å². The zero-order valence-corrected chi connectivity index (χ0v) is 23.7. The minimum absolute atomic E-state index is 1.30. The molecule has 0 atom stereocenters. The molecule has 0 unspecified atom stereocenters. The van der Waals surface area contributed by atoms with Crippen molar-refractivity contribution in [3.63, 3.8) is 0 Å². The smallest absolute Gasteiger partial charge is 0.0351 e. The lowest BCUT2D eigenvalue weighted by molar-refractivity contribution is 0.518. The summed E-state index contributed by atoms with van der Waals surface area (Å²) in [5.74, 6) is 0. The SMILES string of the molecule is CCCCCCC=CCCCCCCCCCCCCCCCCCCCCCCCCC. The lowest BCUT2D eigenvalue weighted by Gasteiger charge is -2.04. The highest BCUT2D eigenvalue weighted by Crippen LogP contribution is 2.15. The third-order valence-electron chi connectivity index (χ3n) is 7.37. The second kappa shape index (κ2) is 31.7. The van der Waals surface area contributed by atoms with Crippen LogP contribution in [0.1, 0.15) is 200 Å². The molecule has 0 aliphatic carbocycles. The molecule has 0 radical (unpaired) electrons. The van der Waals surface area contributed by atoms with Crippen molar-refractivity contribution in [2.75, 3.05) is 0 Å². The highest BCUT2D eigenvalue weighted by Gasteiger charge is 1.96. The molecule has 0 aliphatic rings. The summed E-state index contributed by atoms with van der Waals surface area (Å²) in [6, 6.07) is 0. The highest BCUT2D eigenvalue weighted by molar-refractivity contribution is 4.81. The maximum atomic E-state index is 2.43. The van der Waals surface area contributed by atoms with Gasteiger partial charge in [-0.2, -0.15) is 0 Å². The van der Waals surface area contributed by atoms with Crippen LogP contribution in [0.15, 0.2) is 12.2 Å². The van der Waals surface area contributed by atoms with E-state index in [2.05, 4.69) is 26.0 Å². The van der Waals surface area contributed by atoms with E-state index in [-0.39, 0.29) is 0 Å². The first kappa shape index (κ1) is 32.7.